The van der Waals surface area contributed by atoms with Crippen LogP contribution in [-0.4, -0.2) is 21.0 Å². The molecule has 12 heavy (non-hydrogen) atoms. The van der Waals surface area contributed by atoms with Crippen molar-refractivity contribution in [3.63, 3.8) is 0 Å². The highest BCUT2D eigenvalue weighted by Crippen LogP contribution is 2.08. The average Bonchev–Trinajstić information content (AvgIpc) is 2.51. The molecule has 0 aliphatic carbocycles. The molecule has 0 saturated heterocycles. The summed E-state index contributed by atoms with van der Waals surface area (Å²) < 4.78 is 0. The van der Waals surface area contributed by atoms with Crippen molar-refractivity contribution in [2.45, 2.75) is 19.4 Å². The zero-order valence-electron chi connectivity index (χ0n) is 6.74. The lowest BCUT2D eigenvalue weighted by molar-refractivity contribution is 0.0691. The second-order valence-electron chi connectivity index (χ2n) is 2.50. The Hall–Kier alpha value is -1.36. The Morgan fingerprint density at radius 3 is 3.00 bits per heavy atom. The first-order chi connectivity index (χ1) is 5.65. The van der Waals surface area contributed by atoms with E-state index in [1.54, 1.807) is 0 Å². The van der Waals surface area contributed by atoms with Gasteiger partial charge in [0.2, 0.25) is 0 Å². The van der Waals surface area contributed by atoms with Gasteiger partial charge in [0.15, 0.2) is 0 Å². The maximum atomic E-state index is 10.4. The molecule has 1 heterocycles. The van der Waals surface area contributed by atoms with Gasteiger partial charge in [-0.1, -0.05) is 6.92 Å². The summed E-state index contributed by atoms with van der Waals surface area (Å²) >= 11 is 0. The van der Waals surface area contributed by atoms with Crippen molar-refractivity contribution in [2.75, 3.05) is 0 Å². The summed E-state index contributed by atoms with van der Waals surface area (Å²) in [6.45, 7) is 1.91. The molecule has 1 aromatic rings. The van der Waals surface area contributed by atoms with Crippen LogP contribution in [0.1, 0.15) is 35.7 Å². The molecule has 1 atom stereocenters. The number of aromatic nitrogens is 2. The zero-order valence-corrected chi connectivity index (χ0v) is 6.74. The van der Waals surface area contributed by atoms with Crippen LogP contribution in [0.4, 0.5) is 0 Å². The summed E-state index contributed by atoms with van der Waals surface area (Å²) in [5.74, 6) is -0.494. The van der Waals surface area contributed by atoms with E-state index >= 15 is 0 Å². The van der Waals surface area contributed by atoms with E-state index in [1.165, 1.54) is 6.20 Å². The molecule has 0 fully saturated rings. The van der Waals surface area contributed by atoms with Crippen molar-refractivity contribution in [1.82, 2.24) is 9.97 Å². The quantitative estimate of drug-likeness (QED) is 0.615. The van der Waals surface area contributed by atoms with E-state index in [4.69, 9.17) is 10.8 Å². The fourth-order valence-electron chi connectivity index (χ4n) is 0.827. The van der Waals surface area contributed by atoms with Crippen molar-refractivity contribution >= 4 is 5.97 Å². The van der Waals surface area contributed by atoms with Gasteiger partial charge in [0.1, 0.15) is 11.5 Å². The Morgan fingerprint density at radius 2 is 2.58 bits per heavy atom. The van der Waals surface area contributed by atoms with Crippen LogP contribution in [0.25, 0.3) is 0 Å². The summed E-state index contributed by atoms with van der Waals surface area (Å²) in [5.41, 5.74) is 5.70. The van der Waals surface area contributed by atoms with Crippen LogP contribution in [0.15, 0.2) is 6.20 Å². The standard InChI is InChI=1S/C7H11N3O2/c1-2-4(8)6-9-3-5(10-6)7(11)12/h3-4H,2,8H2,1H3,(H,9,10)(H,11,12)/t4-/m0/s1. The number of rotatable bonds is 3. The molecular weight excluding hydrogens is 158 g/mol. The largest absolute Gasteiger partial charge is 0.477 e. The Bertz CT molecular complexity index is 282. The Labute approximate surface area is 69.6 Å². The predicted molar refractivity (Wildman–Crippen MR) is 42.8 cm³/mol. The van der Waals surface area contributed by atoms with Crippen LogP contribution in [0.3, 0.4) is 0 Å². The van der Waals surface area contributed by atoms with Crippen molar-refractivity contribution in [3.05, 3.63) is 17.7 Å². The molecular formula is C7H11N3O2. The topological polar surface area (TPSA) is 92.0 Å². The average molecular weight is 169 g/mol. The van der Waals surface area contributed by atoms with Crippen LogP contribution < -0.4 is 5.73 Å². The van der Waals surface area contributed by atoms with E-state index in [9.17, 15) is 4.79 Å². The minimum atomic E-state index is -1.02. The molecule has 0 amide bonds. The van der Waals surface area contributed by atoms with E-state index in [1.807, 2.05) is 6.92 Å². The van der Waals surface area contributed by atoms with Crippen LogP contribution in [0, 0.1) is 0 Å². The normalized spacial score (nSPS) is 12.8. The number of imidazole rings is 1. The minimum Gasteiger partial charge on any atom is -0.477 e. The molecule has 66 valence electrons. The summed E-state index contributed by atoms with van der Waals surface area (Å²) in [6.07, 6.45) is 2.00. The first kappa shape index (κ1) is 8.73. The van der Waals surface area contributed by atoms with E-state index in [0.717, 1.165) is 6.42 Å². The molecule has 1 aromatic heterocycles. The van der Waals surface area contributed by atoms with E-state index < -0.39 is 5.97 Å². The van der Waals surface area contributed by atoms with Crippen LogP contribution in [0.2, 0.25) is 0 Å². The summed E-state index contributed by atoms with van der Waals surface area (Å²) in [6, 6.07) is -0.210. The van der Waals surface area contributed by atoms with Crippen molar-refractivity contribution in [1.29, 1.82) is 0 Å². The SMILES string of the molecule is CC[C@H](N)c1ncc(C(=O)O)[nH]1. The monoisotopic (exact) mass is 169 g/mol. The van der Waals surface area contributed by atoms with Gasteiger partial charge >= 0.3 is 5.97 Å². The highest BCUT2D eigenvalue weighted by atomic mass is 16.4. The summed E-state index contributed by atoms with van der Waals surface area (Å²) in [7, 11) is 0. The molecule has 0 spiro atoms. The highest BCUT2D eigenvalue weighted by molar-refractivity contribution is 5.85. The van der Waals surface area contributed by atoms with Gasteiger partial charge in [0.05, 0.1) is 12.2 Å². The molecule has 0 aliphatic heterocycles. The minimum absolute atomic E-state index is 0.0777. The number of hydrogen-bond donors (Lipinski definition) is 3. The first-order valence-corrected chi connectivity index (χ1v) is 3.69. The lowest BCUT2D eigenvalue weighted by atomic mass is 10.2. The fourth-order valence-corrected chi connectivity index (χ4v) is 0.827. The number of H-pyrrole nitrogens is 1. The van der Waals surface area contributed by atoms with Gasteiger partial charge in [-0.15, -0.1) is 0 Å². The van der Waals surface area contributed by atoms with Gasteiger partial charge in [0, 0.05) is 0 Å². The second kappa shape index (κ2) is 3.36. The van der Waals surface area contributed by atoms with Gasteiger partial charge in [-0.25, -0.2) is 9.78 Å². The first-order valence-electron chi connectivity index (χ1n) is 3.69. The van der Waals surface area contributed by atoms with Crippen LogP contribution in [-0.2, 0) is 0 Å². The molecule has 4 N–H and O–H groups in total. The van der Waals surface area contributed by atoms with E-state index in [0.29, 0.717) is 5.82 Å². The lowest BCUT2D eigenvalue weighted by Crippen LogP contribution is -2.10. The Kier molecular flexibility index (Phi) is 2.44. The molecule has 5 heteroatoms. The summed E-state index contributed by atoms with van der Waals surface area (Å²) in [4.78, 5) is 16.9. The molecule has 1 rings (SSSR count). The van der Waals surface area contributed by atoms with Gasteiger partial charge in [-0.2, -0.15) is 0 Å². The zero-order chi connectivity index (χ0) is 9.14. The molecule has 5 nitrogen and oxygen atoms in total. The van der Waals surface area contributed by atoms with Gasteiger partial charge < -0.3 is 15.8 Å². The van der Waals surface area contributed by atoms with E-state index in [-0.39, 0.29) is 11.7 Å². The molecule has 0 radical (unpaired) electrons. The number of nitrogens with zero attached hydrogens (tertiary/aromatic N) is 1. The van der Waals surface area contributed by atoms with Crippen molar-refractivity contribution in [2.24, 2.45) is 5.73 Å². The number of aromatic carboxylic acids is 1. The molecule has 0 aliphatic rings. The van der Waals surface area contributed by atoms with Gasteiger partial charge in [-0.3, -0.25) is 0 Å². The number of nitrogens with one attached hydrogen (secondary N) is 1. The van der Waals surface area contributed by atoms with Gasteiger partial charge in [-0.05, 0) is 6.42 Å². The highest BCUT2D eigenvalue weighted by Gasteiger charge is 2.10. The summed E-state index contributed by atoms with van der Waals surface area (Å²) in [5, 5.41) is 8.54. The van der Waals surface area contributed by atoms with Crippen molar-refractivity contribution < 1.29 is 9.90 Å². The number of aromatic amines is 1. The maximum absolute atomic E-state index is 10.4. The fraction of sp³-hybridized carbons (Fsp3) is 0.429. The third kappa shape index (κ3) is 1.62. The molecule has 0 saturated carbocycles. The van der Waals surface area contributed by atoms with Crippen LogP contribution in [0.5, 0.6) is 0 Å². The van der Waals surface area contributed by atoms with Crippen LogP contribution >= 0.6 is 0 Å². The maximum Gasteiger partial charge on any atom is 0.353 e. The number of carbonyl (C=O) groups is 1. The number of hydrogen-bond acceptors (Lipinski definition) is 3. The smallest absolute Gasteiger partial charge is 0.353 e. The van der Waals surface area contributed by atoms with Crippen molar-refractivity contribution in [3.8, 4) is 0 Å². The second-order valence-corrected chi connectivity index (χ2v) is 2.50. The predicted octanol–water partition coefficient (Wildman–Crippen LogP) is 0.518. The van der Waals surface area contributed by atoms with E-state index in [2.05, 4.69) is 9.97 Å². The third-order valence-electron chi connectivity index (χ3n) is 1.62. The molecule has 0 bridgehead atoms. The molecule has 0 aromatic carbocycles. The third-order valence-corrected chi connectivity index (χ3v) is 1.62. The number of carboxylic acid groups (broad SMARTS) is 1. The Morgan fingerprint density at radius 1 is 1.92 bits per heavy atom. The van der Waals surface area contributed by atoms with Gasteiger partial charge in [0.25, 0.3) is 0 Å². The molecule has 0 unspecified atom stereocenters. The Balaban J connectivity index is 2.84. The number of carboxylic acids is 1. The lowest BCUT2D eigenvalue weighted by Gasteiger charge is -2.02. The number of nitrogens with two attached hydrogens (primary N) is 1.